The zero-order chi connectivity index (χ0) is 20.8. The number of carbonyl (C=O) groups is 2. The van der Waals surface area contributed by atoms with Gasteiger partial charge in [0.25, 0.3) is 11.8 Å². The lowest BCUT2D eigenvalue weighted by Crippen LogP contribution is -2.42. The number of aromatic nitrogens is 3. The van der Waals surface area contributed by atoms with Crippen molar-refractivity contribution in [2.24, 2.45) is 0 Å². The normalized spacial score (nSPS) is 20.6. The predicted molar refractivity (Wildman–Crippen MR) is 112 cm³/mol. The van der Waals surface area contributed by atoms with Gasteiger partial charge in [-0.25, -0.2) is 4.98 Å². The largest absolute Gasteiger partial charge is 0.348 e. The standard InChI is InChI=1S/C23H25N5O2/c1-16-20-8-4-10-25(20)12-14-27(16)22(29)18-6-3-7-19(24-18)23(30)28-15-13-26-11-5-9-21(26)17(28)2/h3-11,16-17H,12-15H2,1-2H3. The van der Waals surface area contributed by atoms with Gasteiger partial charge in [-0.2, -0.15) is 0 Å². The van der Waals surface area contributed by atoms with Gasteiger partial charge >= 0.3 is 0 Å². The molecule has 2 atom stereocenters. The fraction of sp³-hybridized carbons (Fsp3) is 0.348. The van der Waals surface area contributed by atoms with Gasteiger partial charge in [-0.05, 0) is 50.2 Å². The summed E-state index contributed by atoms with van der Waals surface area (Å²) in [6.07, 6.45) is 4.09. The Morgan fingerprint density at radius 3 is 1.67 bits per heavy atom. The minimum Gasteiger partial charge on any atom is -0.348 e. The first-order valence-corrected chi connectivity index (χ1v) is 10.4. The van der Waals surface area contributed by atoms with E-state index in [1.54, 1.807) is 18.2 Å². The summed E-state index contributed by atoms with van der Waals surface area (Å²) in [5, 5.41) is 0. The van der Waals surface area contributed by atoms with E-state index in [0.717, 1.165) is 24.5 Å². The highest BCUT2D eigenvalue weighted by Crippen LogP contribution is 2.28. The van der Waals surface area contributed by atoms with Crippen LogP contribution in [0.2, 0.25) is 0 Å². The summed E-state index contributed by atoms with van der Waals surface area (Å²) in [4.78, 5) is 34.6. The Bertz CT molecular complexity index is 1030. The first-order valence-electron chi connectivity index (χ1n) is 10.4. The van der Waals surface area contributed by atoms with Crippen LogP contribution in [0, 0.1) is 0 Å². The molecule has 0 saturated carbocycles. The van der Waals surface area contributed by atoms with Gasteiger partial charge in [0, 0.05) is 50.0 Å². The zero-order valence-corrected chi connectivity index (χ0v) is 17.2. The molecule has 5 rings (SSSR count). The maximum Gasteiger partial charge on any atom is 0.273 e. The molecule has 30 heavy (non-hydrogen) atoms. The molecule has 0 bridgehead atoms. The highest BCUT2D eigenvalue weighted by Gasteiger charge is 2.31. The fourth-order valence-electron chi connectivity index (χ4n) is 4.68. The first-order chi connectivity index (χ1) is 14.5. The van der Waals surface area contributed by atoms with Crippen LogP contribution in [0.25, 0.3) is 0 Å². The molecule has 0 radical (unpaired) electrons. The number of carbonyl (C=O) groups excluding carboxylic acids is 2. The Kier molecular flexibility index (Phi) is 4.46. The molecular weight excluding hydrogens is 378 g/mol. The van der Waals surface area contributed by atoms with Crippen molar-refractivity contribution >= 4 is 11.8 Å². The van der Waals surface area contributed by atoms with Gasteiger partial charge in [-0.15, -0.1) is 0 Å². The third-order valence-corrected chi connectivity index (χ3v) is 6.39. The number of amides is 2. The zero-order valence-electron chi connectivity index (χ0n) is 17.2. The maximum atomic E-state index is 13.2. The van der Waals surface area contributed by atoms with Crippen LogP contribution in [-0.4, -0.2) is 48.8 Å². The number of rotatable bonds is 2. The van der Waals surface area contributed by atoms with E-state index in [1.807, 2.05) is 60.3 Å². The second-order valence-electron chi connectivity index (χ2n) is 8.01. The van der Waals surface area contributed by atoms with Gasteiger partial charge in [0.1, 0.15) is 11.4 Å². The third-order valence-electron chi connectivity index (χ3n) is 6.39. The minimum absolute atomic E-state index is 0.0303. The summed E-state index contributed by atoms with van der Waals surface area (Å²) in [6.45, 7) is 6.85. The second-order valence-corrected chi connectivity index (χ2v) is 8.01. The molecule has 7 nitrogen and oxygen atoms in total. The second kappa shape index (κ2) is 7.16. The van der Waals surface area contributed by atoms with Gasteiger partial charge < -0.3 is 18.9 Å². The summed E-state index contributed by atoms with van der Waals surface area (Å²) < 4.78 is 4.35. The molecule has 0 saturated heterocycles. The molecule has 3 aromatic heterocycles. The summed E-state index contributed by atoms with van der Waals surface area (Å²) in [5.41, 5.74) is 2.88. The lowest BCUT2D eigenvalue weighted by Gasteiger charge is -2.35. The Labute approximate surface area is 175 Å². The van der Waals surface area contributed by atoms with Crippen molar-refractivity contribution in [2.45, 2.75) is 39.0 Å². The van der Waals surface area contributed by atoms with Crippen molar-refractivity contribution in [3.8, 4) is 0 Å². The molecule has 3 aromatic rings. The third kappa shape index (κ3) is 2.93. The molecule has 0 fully saturated rings. The van der Waals surface area contributed by atoms with E-state index in [4.69, 9.17) is 0 Å². The van der Waals surface area contributed by atoms with E-state index in [9.17, 15) is 9.59 Å². The number of nitrogens with zero attached hydrogens (tertiary/aromatic N) is 5. The van der Waals surface area contributed by atoms with Crippen LogP contribution in [0.3, 0.4) is 0 Å². The van der Waals surface area contributed by atoms with Crippen LogP contribution in [0.5, 0.6) is 0 Å². The van der Waals surface area contributed by atoms with Crippen molar-refractivity contribution in [3.63, 3.8) is 0 Å². The average molecular weight is 403 g/mol. The summed E-state index contributed by atoms with van der Waals surface area (Å²) in [7, 11) is 0. The molecule has 154 valence electrons. The van der Waals surface area contributed by atoms with Crippen molar-refractivity contribution in [3.05, 3.63) is 77.6 Å². The number of hydrogen-bond donors (Lipinski definition) is 0. The fourth-order valence-corrected chi connectivity index (χ4v) is 4.68. The molecule has 0 aliphatic carbocycles. The molecule has 0 N–H and O–H groups in total. The molecular formula is C23H25N5O2. The maximum absolute atomic E-state index is 13.2. The van der Waals surface area contributed by atoms with Crippen molar-refractivity contribution in [2.75, 3.05) is 13.1 Å². The Balaban J connectivity index is 1.38. The smallest absolute Gasteiger partial charge is 0.273 e. The first kappa shape index (κ1) is 18.7. The van der Waals surface area contributed by atoms with E-state index in [-0.39, 0.29) is 23.9 Å². The lowest BCUT2D eigenvalue weighted by molar-refractivity contribution is 0.0630. The molecule has 2 amide bonds. The number of pyridine rings is 1. The van der Waals surface area contributed by atoms with E-state index in [1.165, 1.54) is 0 Å². The van der Waals surface area contributed by atoms with Crippen LogP contribution < -0.4 is 0 Å². The molecule has 2 aliphatic heterocycles. The highest BCUT2D eigenvalue weighted by atomic mass is 16.2. The minimum atomic E-state index is -0.134. The Morgan fingerprint density at radius 1 is 0.733 bits per heavy atom. The van der Waals surface area contributed by atoms with Gasteiger partial charge in [0.2, 0.25) is 0 Å². The van der Waals surface area contributed by atoms with Crippen LogP contribution in [0.1, 0.15) is 58.3 Å². The van der Waals surface area contributed by atoms with Crippen molar-refractivity contribution < 1.29 is 9.59 Å². The molecule has 0 spiro atoms. The monoisotopic (exact) mass is 403 g/mol. The summed E-state index contributed by atoms with van der Waals surface area (Å²) >= 11 is 0. The molecule has 2 unspecified atom stereocenters. The van der Waals surface area contributed by atoms with Crippen LogP contribution >= 0.6 is 0 Å². The SMILES string of the molecule is CC1c2cccn2CCN1C(=O)c1cccc(C(=O)N2CCn3cccc3C2C)n1. The van der Waals surface area contributed by atoms with E-state index in [0.29, 0.717) is 24.5 Å². The van der Waals surface area contributed by atoms with Gasteiger partial charge in [-0.3, -0.25) is 9.59 Å². The molecule has 5 heterocycles. The van der Waals surface area contributed by atoms with Crippen molar-refractivity contribution in [1.82, 2.24) is 23.9 Å². The number of hydrogen-bond acceptors (Lipinski definition) is 3. The van der Waals surface area contributed by atoms with Gasteiger partial charge in [-0.1, -0.05) is 6.07 Å². The van der Waals surface area contributed by atoms with Crippen LogP contribution in [-0.2, 0) is 13.1 Å². The highest BCUT2D eigenvalue weighted by molar-refractivity contribution is 5.96. The van der Waals surface area contributed by atoms with Crippen LogP contribution in [0.4, 0.5) is 0 Å². The topological polar surface area (TPSA) is 63.4 Å². The summed E-state index contributed by atoms with van der Waals surface area (Å²) in [6, 6.07) is 13.2. The van der Waals surface area contributed by atoms with E-state index >= 15 is 0 Å². The van der Waals surface area contributed by atoms with Gasteiger partial charge in [0.05, 0.1) is 12.1 Å². The van der Waals surface area contributed by atoms with Crippen LogP contribution in [0.15, 0.2) is 54.9 Å². The number of fused-ring (bicyclic) bond motifs is 2. The Hall–Kier alpha value is -3.35. The van der Waals surface area contributed by atoms with E-state index < -0.39 is 0 Å². The lowest BCUT2D eigenvalue weighted by atomic mass is 10.1. The molecule has 0 aromatic carbocycles. The quantitative estimate of drug-likeness (QED) is 0.660. The summed E-state index contributed by atoms with van der Waals surface area (Å²) in [5.74, 6) is -0.268. The van der Waals surface area contributed by atoms with Crippen molar-refractivity contribution in [1.29, 1.82) is 0 Å². The van der Waals surface area contributed by atoms with E-state index in [2.05, 4.69) is 14.1 Å². The average Bonchev–Trinajstić information content (AvgIpc) is 3.44. The molecule has 7 heteroatoms. The molecule has 2 aliphatic rings. The van der Waals surface area contributed by atoms with Gasteiger partial charge in [0.15, 0.2) is 0 Å². The predicted octanol–water partition coefficient (Wildman–Crippen LogP) is 3.12. The Morgan fingerprint density at radius 2 is 1.20 bits per heavy atom.